The number of carbonyl (C=O) groups is 2. The highest BCUT2D eigenvalue weighted by atomic mass is 127. The number of ether oxygens (including phenoxy) is 1. The predicted molar refractivity (Wildman–Crippen MR) is 122 cm³/mol. The second-order valence-corrected chi connectivity index (χ2v) is 7.86. The molecule has 2 heterocycles. The predicted octanol–water partition coefficient (Wildman–Crippen LogP) is 1.37. The number of aryl methyl sites for hydroxylation is 1. The Balaban J connectivity index is 1.40. The molecule has 0 bridgehead atoms. The first kappa shape index (κ1) is 24.1. The van der Waals surface area contributed by atoms with Gasteiger partial charge in [-0.05, 0) is 42.5 Å². The summed E-state index contributed by atoms with van der Waals surface area (Å²) in [5, 5.41) is 24.2. The summed E-state index contributed by atoms with van der Waals surface area (Å²) in [4.78, 5) is 38.5. The van der Waals surface area contributed by atoms with E-state index in [0.717, 1.165) is 15.0 Å². The van der Waals surface area contributed by atoms with E-state index in [4.69, 9.17) is 9.26 Å². The maximum atomic E-state index is 12.2. The van der Waals surface area contributed by atoms with E-state index in [1.54, 1.807) is 10.7 Å². The van der Waals surface area contributed by atoms with Crippen molar-refractivity contribution in [3.63, 3.8) is 0 Å². The van der Waals surface area contributed by atoms with Crippen LogP contribution in [-0.4, -0.2) is 56.4 Å². The van der Waals surface area contributed by atoms with E-state index >= 15 is 0 Å². The summed E-state index contributed by atoms with van der Waals surface area (Å²) in [6.45, 7) is 3.89. The van der Waals surface area contributed by atoms with Crippen molar-refractivity contribution in [2.24, 2.45) is 0 Å². The molecule has 0 unspecified atom stereocenters. The molecule has 0 saturated carbocycles. The van der Waals surface area contributed by atoms with Crippen LogP contribution in [0, 0.1) is 27.5 Å². The molecule has 2 aromatic heterocycles. The van der Waals surface area contributed by atoms with Crippen LogP contribution in [0.25, 0.3) is 0 Å². The first-order valence-electron chi connectivity index (χ1n) is 9.69. The van der Waals surface area contributed by atoms with Gasteiger partial charge in [-0.2, -0.15) is 10.1 Å². The van der Waals surface area contributed by atoms with Crippen molar-refractivity contribution in [1.82, 2.24) is 30.6 Å². The summed E-state index contributed by atoms with van der Waals surface area (Å²) in [7, 11) is 0. The van der Waals surface area contributed by atoms with Crippen molar-refractivity contribution < 1.29 is 23.8 Å². The van der Waals surface area contributed by atoms with E-state index in [-0.39, 0.29) is 37.0 Å². The van der Waals surface area contributed by atoms with E-state index < -0.39 is 23.3 Å². The van der Waals surface area contributed by atoms with Gasteiger partial charge in [0.2, 0.25) is 0 Å². The van der Waals surface area contributed by atoms with Gasteiger partial charge in [0.05, 0.1) is 14.2 Å². The maximum absolute atomic E-state index is 12.2. The number of carbonyl (C=O) groups excluding carboxylic acids is 2. The van der Waals surface area contributed by atoms with Crippen molar-refractivity contribution in [2.45, 2.75) is 20.4 Å². The SMILES string of the molecule is Cc1nn(Cc2noc(C(=O)NCCNC(=O)COc3ccccc3[N+](=O)[O-])n2)c(C)c1I. The highest BCUT2D eigenvalue weighted by molar-refractivity contribution is 14.1. The standard InChI is InChI=1S/C19H20IN7O6/c1-11-17(20)12(2)26(24-11)9-15-23-19(33-25-15)18(29)22-8-7-21-16(28)10-32-14-6-4-3-5-13(14)27(30)31/h3-6H,7-10H2,1-2H3,(H,21,28)(H,22,29). The van der Waals surface area contributed by atoms with Gasteiger partial charge < -0.3 is 19.9 Å². The van der Waals surface area contributed by atoms with Crippen LogP contribution in [0.2, 0.25) is 0 Å². The first-order chi connectivity index (χ1) is 15.8. The van der Waals surface area contributed by atoms with Gasteiger partial charge in [-0.1, -0.05) is 17.3 Å². The Morgan fingerprint density at radius 3 is 2.67 bits per heavy atom. The first-order valence-corrected chi connectivity index (χ1v) is 10.8. The van der Waals surface area contributed by atoms with Gasteiger partial charge in [0.15, 0.2) is 18.2 Å². The Kier molecular flexibility index (Phi) is 7.92. The van der Waals surface area contributed by atoms with E-state index in [1.807, 2.05) is 13.8 Å². The fourth-order valence-electron chi connectivity index (χ4n) is 2.75. The fraction of sp³-hybridized carbons (Fsp3) is 0.316. The number of para-hydroxylation sites is 2. The largest absolute Gasteiger partial charge is 0.477 e. The summed E-state index contributed by atoms with van der Waals surface area (Å²) in [6.07, 6.45) is 0. The fourth-order valence-corrected chi connectivity index (χ4v) is 3.14. The lowest BCUT2D eigenvalue weighted by Crippen LogP contribution is -2.36. The van der Waals surface area contributed by atoms with E-state index in [0.29, 0.717) is 5.82 Å². The number of nitrogens with one attached hydrogen (secondary N) is 2. The molecule has 13 nitrogen and oxygen atoms in total. The molecule has 33 heavy (non-hydrogen) atoms. The number of nitro groups is 1. The lowest BCUT2D eigenvalue weighted by atomic mass is 10.3. The number of nitrogens with zero attached hydrogens (tertiary/aromatic N) is 5. The molecule has 3 rings (SSSR count). The third kappa shape index (κ3) is 6.24. The summed E-state index contributed by atoms with van der Waals surface area (Å²) < 4.78 is 13.0. The zero-order valence-corrected chi connectivity index (χ0v) is 19.9. The minimum atomic E-state index is -0.594. The van der Waals surface area contributed by atoms with Gasteiger partial charge in [0.1, 0.15) is 6.54 Å². The number of hydrogen-bond donors (Lipinski definition) is 2. The Hall–Kier alpha value is -3.56. The van der Waals surface area contributed by atoms with E-state index in [2.05, 4.69) is 48.5 Å². The number of nitro benzene ring substituents is 1. The van der Waals surface area contributed by atoms with Crippen molar-refractivity contribution in [3.8, 4) is 5.75 Å². The topological polar surface area (TPSA) is 167 Å². The zero-order chi connectivity index (χ0) is 24.0. The van der Waals surface area contributed by atoms with Gasteiger partial charge in [0.25, 0.3) is 5.91 Å². The molecule has 0 aliphatic rings. The zero-order valence-electron chi connectivity index (χ0n) is 17.7. The molecule has 0 fully saturated rings. The molecule has 14 heteroatoms. The molecule has 0 aliphatic heterocycles. The van der Waals surface area contributed by atoms with Crippen LogP contribution < -0.4 is 15.4 Å². The van der Waals surface area contributed by atoms with Gasteiger partial charge in [0, 0.05) is 24.8 Å². The number of hydrogen-bond acceptors (Lipinski definition) is 9. The van der Waals surface area contributed by atoms with Crippen LogP contribution in [0.4, 0.5) is 5.69 Å². The Labute approximate surface area is 201 Å². The Morgan fingerprint density at radius 1 is 1.24 bits per heavy atom. The minimum Gasteiger partial charge on any atom is -0.477 e. The monoisotopic (exact) mass is 569 g/mol. The second kappa shape index (κ2) is 10.8. The van der Waals surface area contributed by atoms with Crippen molar-refractivity contribution >= 4 is 40.1 Å². The molecule has 2 amide bonds. The average molecular weight is 569 g/mol. The molecule has 3 aromatic rings. The van der Waals surface area contributed by atoms with Gasteiger partial charge >= 0.3 is 17.5 Å². The molecular weight excluding hydrogens is 549 g/mol. The number of halogens is 1. The van der Waals surface area contributed by atoms with Crippen LogP contribution in [0.15, 0.2) is 28.8 Å². The van der Waals surface area contributed by atoms with E-state index in [1.165, 1.54) is 18.2 Å². The number of aromatic nitrogens is 4. The molecule has 174 valence electrons. The van der Waals surface area contributed by atoms with Crippen LogP contribution in [0.5, 0.6) is 5.75 Å². The highest BCUT2D eigenvalue weighted by Gasteiger charge is 2.17. The molecule has 0 radical (unpaired) electrons. The molecular formula is C19H20IN7O6. The van der Waals surface area contributed by atoms with Crippen LogP contribution in [-0.2, 0) is 11.3 Å². The quantitative estimate of drug-likeness (QED) is 0.159. The maximum Gasteiger partial charge on any atom is 0.316 e. The van der Waals surface area contributed by atoms with Gasteiger partial charge in [-0.3, -0.25) is 24.4 Å². The number of amides is 2. The molecule has 0 saturated heterocycles. The third-order valence-electron chi connectivity index (χ3n) is 4.40. The van der Waals surface area contributed by atoms with Gasteiger partial charge in [-0.15, -0.1) is 0 Å². The van der Waals surface area contributed by atoms with Crippen LogP contribution in [0.1, 0.15) is 27.9 Å². The van der Waals surface area contributed by atoms with Crippen molar-refractivity contribution in [3.05, 3.63) is 61.1 Å². The molecule has 0 atom stereocenters. The lowest BCUT2D eigenvalue weighted by molar-refractivity contribution is -0.385. The normalized spacial score (nSPS) is 10.6. The highest BCUT2D eigenvalue weighted by Crippen LogP contribution is 2.25. The van der Waals surface area contributed by atoms with Crippen molar-refractivity contribution in [1.29, 1.82) is 0 Å². The third-order valence-corrected chi connectivity index (χ3v) is 5.96. The number of benzene rings is 1. The van der Waals surface area contributed by atoms with Crippen molar-refractivity contribution in [2.75, 3.05) is 19.7 Å². The summed E-state index contributed by atoms with van der Waals surface area (Å²) >= 11 is 2.21. The summed E-state index contributed by atoms with van der Waals surface area (Å²) in [5.41, 5.74) is 1.62. The van der Waals surface area contributed by atoms with Crippen LogP contribution >= 0.6 is 22.6 Å². The number of rotatable bonds is 10. The Bertz CT molecular complexity index is 1180. The summed E-state index contributed by atoms with van der Waals surface area (Å²) in [6, 6.07) is 5.75. The minimum absolute atomic E-state index is 0.00618. The summed E-state index contributed by atoms with van der Waals surface area (Å²) in [5.74, 6) is -0.979. The molecule has 0 spiro atoms. The lowest BCUT2D eigenvalue weighted by Gasteiger charge is -2.08. The second-order valence-electron chi connectivity index (χ2n) is 6.78. The molecule has 1 aromatic carbocycles. The van der Waals surface area contributed by atoms with E-state index in [9.17, 15) is 19.7 Å². The van der Waals surface area contributed by atoms with Gasteiger partial charge in [-0.25, -0.2) is 0 Å². The molecule has 0 aliphatic carbocycles. The van der Waals surface area contributed by atoms with Crippen LogP contribution in [0.3, 0.4) is 0 Å². The average Bonchev–Trinajstić information content (AvgIpc) is 3.36. The smallest absolute Gasteiger partial charge is 0.316 e. The Morgan fingerprint density at radius 2 is 1.97 bits per heavy atom. The molecule has 2 N–H and O–H groups in total.